The number of rotatable bonds is 4. The Morgan fingerprint density at radius 1 is 1.06 bits per heavy atom. The molecule has 2 N–H and O–H groups in total. The van der Waals surface area contributed by atoms with E-state index < -0.39 is 0 Å². The third kappa shape index (κ3) is 2.96. The summed E-state index contributed by atoms with van der Waals surface area (Å²) < 4.78 is 0. The molecule has 0 bridgehead atoms. The summed E-state index contributed by atoms with van der Waals surface area (Å²) in [4.78, 5) is 4.17. The minimum absolute atomic E-state index is 0.156. The number of aromatic nitrogens is 3. The van der Waals surface area contributed by atoms with Gasteiger partial charge in [-0.3, -0.25) is 5.10 Å². The molecule has 1 aromatic carbocycles. The molecular formula is C14H20N4. The predicted molar refractivity (Wildman–Crippen MR) is 72.3 cm³/mol. The fourth-order valence-electron chi connectivity index (χ4n) is 2.23. The summed E-state index contributed by atoms with van der Waals surface area (Å²) in [6.07, 6.45) is 1.54. The van der Waals surface area contributed by atoms with Gasteiger partial charge in [0.05, 0.1) is 6.04 Å². The largest absolute Gasteiger partial charge is 0.301 e. The Bertz CT molecular complexity index is 484. The number of aryl methyl sites for hydroxylation is 2. The van der Waals surface area contributed by atoms with Crippen molar-refractivity contribution in [1.82, 2.24) is 20.5 Å². The first-order valence-corrected chi connectivity index (χ1v) is 6.26. The van der Waals surface area contributed by atoms with Gasteiger partial charge in [-0.1, -0.05) is 29.3 Å². The predicted octanol–water partition coefficient (Wildman–Crippen LogP) is 2.83. The first kappa shape index (κ1) is 12.8. The van der Waals surface area contributed by atoms with Gasteiger partial charge in [0.15, 0.2) is 0 Å². The number of hydrogen-bond donors (Lipinski definition) is 2. The van der Waals surface area contributed by atoms with Crippen molar-refractivity contribution in [1.29, 1.82) is 0 Å². The van der Waals surface area contributed by atoms with Crippen molar-refractivity contribution in [2.24, 2.45) is 0 Å². The van der Waals surface area contributed by atoms with Gasteiger partial charge in [0, 0.05) is 6.04 Å². The van der Waals surface area contributed by atoms with Gasteiger partial charge in [-0.25, -0.2) is 4.98 Å². The van der Waals surface area contributed by atoms with Crippen LogP contribution < -0.4 is 5.32 Å². The van der Waals surface area contributed by atoms with Crippen LogP contribution in [0.15, 0.2) is 24.5 Å². The molecule has 0 saturated heterocycles. The van der Waals surface area contributed by atoms with E-state index in [1.807, 2.05) is 0 Å². The Morgan fingerprint density at radius 3 is 2.28 bits per heavy atom. The molecule has 4 heteroatoms. The van der Waals surface area contributed by atoms with Crippen molar-refractivity contribution < 1.29 is 0 Å². The van der Waals surface area contributed by atoms with Crippen LogP contribution in [0, 0.1) is 13.8 Å². The molecule has 2 atom stereocenters. The van der Waals surface area contributed by atoms with E-state index in [0.29, 0.717) is 0 Å². The maximum atomic E-state index is 4.17. The second-order valence-electron chi connectivity index (χ2n) is 4.90. The molecule has 0 aliphatic carbocycles. The molecule has 0 aliphatic heterocycles. The molecule has 1 heterocycles. The molecule has 0 fully saturated rings. The van der Waals surface area contributed by atoms with Crippen LogP contribution in [-0.4, -0.2) is 15.2 Å². The minimum Gasteiger partial charge on any atom is -0.301 e. The monoisotopic (exact) mass is 244 g/mol. The molecule has 4 nitrogen and oxygen atoms in total. The lowest BCUT2D eigenvalue weighted by atomic mass is 10.0. The maximum absolute atomic E-state index is 4.17. The van der Waals surface area contributed by atoms with E-state index in [1.54, 1.807) is 0 Å². The van der Waals surface area contributed by atoms with E-state index in [-0.39, 0.29) is 12.1 Å². The Labute approximate surface area is 108 Å². The van der Waals surface area contributed by atoms with Crippen molar-refractivity contribution in [3.8, 4) is 0 Å². The van der Waals surface area contributed by atoms with E-state index >= 15 is 0 Å². The number of nitrogens with zero attached hydrogens (tertiary/aromatic N) is 2. The highest BCUT2D eigenvalue weighted by molar-refractivity contribution is 5.30. The molecule has 0 spiro atoms. The Kier molecular flexibility index (Phi) is 3.77. The standard InChI is InChI=1S/C14H20N4/c1-9-5-10(2)7-13(6-9)11(3)17-12(4)14-15-8-16-18-14/h5-8,11-12,17H,1-4H3,(H,15,16,18). The Balaban J connectivity index is 2.09. The van der Waals surface area contributed by atoms with E-state index in [9.17, 15) is 0 Å². The summed E-state index contributed by atoms with van der Waals surface area (Å²) in [7, 11) is 0. The van der Waals surface area contributed by atoms with Crippen LogP contribution in [0.2, 0.25) is 0 Å². The third-order valence-corrected chi connectivity index (χ3v) is 3.09. The number of benzene rings is 1. The molecule has 2 rings (SSSR count). The number of aromatic amines is 1. The zero-order valence-electron chi connectivity index (χ0n) is 11.4. The molecule has 2 unspecified atom stereocenters. The lowest BCUT2D eigenvalue weighted by Gasteiger charge is -2.19. The van der Waals surface area contributed by atoms with Crippen LogP contribution >= 0.6 is 0 Å². The van der Waals surface area contributed by atoms with Crippen LogP contribution in [0.4, 0.5) is 0 Å². The van der Waals surface area contributed by atoms with Gasteiger partial charge in [0.1, 0.15) is 12.2 Å². The van der Waals surface area contributed by atoms with Crippen molar-refractivity contribution in [3.63, 3.8) is 0 Å². The lowest BCUT2D eigenvalue weighted by molar-refractivity contribution is 0.477. The molecule has 0 aliphatic rings. The summed E-state index contributed by atoms with van der Waals surface area (Å²) in [5.41, 5.74) is 3.90. The Morgan fingerprint density at radius 2 is 1.72 bits per heavy atom. The van der Waals surface area contributed by atoms with E-state index in [1.165, 1.54) is 23.0 Å². The second-order valence-corrected chi connectivity index (χ2v) is 4.90. The van der Waals surface area contributed by atoms with Crippen molar-refractivity contribution >= 4 is 0 Å². The van der Waals surface area contributed by atoms with Gasteiger partial charge in [0.25, 0.3) is 0 Å². The molecule has 0 saturated carbocycles. The number of hydrogen-bond acceptors (Lipinski definition) is 3. The van der Waals surface area contributed by atoms with Crippen molar-refractivity contribution in [2.75, 3.05) is 0 Å². The molecule has 2 aromatic rings. The molecule has 1 aromatic heterocycles. The van der Waals surface area contributed by atoms with Gasteiger partial charge < -0.3 is 5.32 Å². The maximum Gasteiger partial charge on any atom is 0.141 e. The fraction of sp³-hybridized carbons (Fsp3) is 0.429. The second kappa shape index (κ2) is 5.31. The van der Waals surface area contributed by atoms with Crippen LogP contribution in [0.5, 0.6) is 0 Å². The van der Waals surface area contributed by atoms with Gasteiger partial charge in [0.2, 0.25) is 0 Å². The lowest BCUT2D eigenvalue weighted by Crippen LogP contribution is -2.23. The zero-order chi connectivity index (χ0) is 13.1. The van der Waals surface area contributed by atoms with Crippen LogP contribution in [0.25, 0.3) is 0 Å². The van der Waals surface area contributed by atoms with Crippen LogP contribution in [0.1, 0.15) is 48.4 Å². The molecule has 96 valence electrons. The van der Waals surface area contributed by atoms with Gasteiger partial charge in [-0.2, -0.15) is 5.10 Å². The average Bonchev–Trinajstić information content (AvgIpc) is 2.80. The first-order chi connectivity index (χ1) is 8.56. The van der Waals surface area contributed by atoms with Crippen LogP contribution in [-0.2, 0) is 0 Å². The van der Waals surface area contributed by atoms with Gasteiger partial charge in [-0.15, -0.1) is 0 Å². The third-order valence-electron chi connectivity index (χ3n) is 3.09. The van der Waals surface area contributed by atoms with Gasteiger partial charge in [-0.05, 0) is 33.3 Å². The summed E-state index contributed by atoms with van der Waals surface area (Å²) in [5, 5.41) is 10.3. The molecular weight excluding hydrogens is 224 g/mol. The number of nitrogens with one attached hydrogen (secondary N) is 2. The molecule has 0 radical (unpaired) electrons. The van der Waals surface area contributed by atoms with Crippen molar-refractivity contribution in [3.05, 3.63) is 47.0 Å². The van der Waals surface area contributed by atoms with Crippen LogP contribution in [0.3, 0.4) is 0 Å². The highest BCUT2D eigenvalue weighted by Gasteiger charge is 2.13. The summed E-state index contributed by atoms with van der Waals surface area (Å²) in [6, 6.07) is 7.07. The van der Waals surface area contributed by atoms with Crippen molar-refractivity contribution in [2.45, 2.75) is 39.8 Å². The van der Waals surface area contributed by atoms with E-state index in [4.69, 9.17) is 0 Å². The summed E-state index contributed by atoms with van der Waals surface area (Å²) >= 11 is 0. The molecule has 0 amide bonds. The fourth-order valence-corrected chi connectivity index (χ4v) is 2.23. The minimum atomic E-state index is 0.156. The SMILES string of the molecule is Cc1cc(C)cc(C(C)NC(C)c2ncn[nH]2)c1. The summed E-state index contributed by atoms with van der Waals surface area (Å²) in [5.74, 6) is 0.867. The quantitative estimate of drug-likeness (QED) is 0.869. The first-order valence-electron chi connectivity index (χ1n) is 6.26. The topological polar surface area (TPSA) is 53.6 Å². The summed E-state index contributed by atoms with van der Waals surface area (Å²) in [6.45, 7) is 8.51. The highest BCUT2D eigenvalue weighted by atomic mass is 15.2. The van der Waals surface area contributed by atoms with E-state index in [2.05, 4.69) is 66.4 Å². The molecule has 18 heavy (non-hydrogen) atoms. The van der Waals surface area contributed by atoms with E-state index in [0.717, 1.165) is 5.82 Å². The Hall–Kier alpha value is -1.68. The number of H-pyrrole nitrogens is 1. The highest BCUT2D eigenvalue weighted by Crippen LogP contribution is 2.19. The average molecular weight is 244 g/mol. The zero-order valence-corrected chi connectivity index (χ0v) is 11.4. The van der Waals surface area contributed by atoms with Gasteiger partial charge >= 0.3 is 0 Å². The normalized spacial score (nSPS) is 14.4. The smallest absolute Gasteiger partial charge is 0.141 e.